The average molecular weight is 397 g/mol. The smallest absolute Gasteiger partial charge is 0.320 e. The highest BCUT2D eigenvalue weighted by molar-refractivity contribution is 5.75. The van der Waals surface area contributed by atoms with E-state index >= 15 is 0 Å². The molecule has 4 heterocycles. The number of pyridine rings is 1. The van der Waals surface area contributed by atoms with E-state index in [4.69, 9.17) is 14.2 Å². The van der Waals surface area contributed by atoms with Crippen LogP contribution in [-0.2, 0) is 4.74 Å². The zero-order chi connectivity index (χ0) is 19.6. The fraction of sp³-hybridized carbons (Fsp3) is 0.619. The Bertz CT molecular complexity index is 830. The van der Waals surface area contributed by atoms with Gasteiger partial charge in [0.1, 0.15) is 0 Å². The summed E-state index contributed by atoms with van der Waals surface area (Å²) in [6.07, 6.45) is 8.40. The molecular weight excluding hydrogens is 370 g/mol. The number of hydrogen-bond acceptors (Lipinski definition) is 6. The summed E-state index contributed by atoms with van der Waals surface area (Å²) in [7, 11) is 0. The molecule has 8 nitrogen and oxygen atoms in total. The molecule has 0 spiro atoms. The Balaban J connectivity index is 1.39. The molecule has 29 heavy (non-hydrogen) atoms. The number of aromatic nitrogens is 3. The van der Waals surface area contributed by atoms with Crippen molar-refractivity contribution in [3.8, 4) is 0 Å². The maximum absolute atomic E-state index is 13.1. The molecule has 0 unspecified atom stereocenters. The van der Waals surface area contributed by atoms with Gasteiger partial charge in [-0.25, -0.2) is 4.79 Å². The zero-order valence-corrected chi connectivity index (χ0v) is 16.6. The van der Waals surface area contributed by atoms with Gasteiger partial charge < -0.3 is 19.1 Å². The van der Waals surface area contributed by atoms with Crippen molar-refractivity contribution in [3.05, 3.63) is 41.8 Å². The Labute approximate surface area is 170 Å². The van der Waals surface area contributed by atoms with Crippen molar-refractivity contribution in [1.29, 1.82) is 0 Å². The number of rotatable bonds is 3. The van der Waals surface area contributed by atoms with Crippen LogP contribution in [0.3, 0.4) is 0 Å². The summed E-state index contributed by atoms with van der Waals surface area (Å²) in [4.78, 5) is 26.0. The lowest BCUT2D eigenvalue weighted by molar-refractivity contribution is 0.0449. The Morgan fingerprint density at radius 2 is 1.86 bits per heavy atom. The van der Waals surface area contributed by atoms with Crippen molar-refractivity contribution < 1.29 is 14.1 Å². The first kappa shape index (κ1) is 18.5. The van der Waals surface area contributed by atoms with Crippen LogP contribution in [0, 0.1) is 0 Å². The van der Waals surface area contributed by atoms with E-state index in [1.807, 2.05) is 22.1 Å². The van der Waals surface area contributed by atoms with Gasteiger partial charge in [0.05, 0.1) is 19.1 Å². The lowest BCUT2D eigenvalue weighted by atomic mass is 9.90. The number of nitrogens with zero attached hydrogens (tertiary/aromatic N) is 5. The largest absolute Gasteiger partial charge is 0.378 e. The fourth-order valence-corrected chi connectivity index (χ4v) is 4.85. The average Bonchev–Trinajstić information content (AvgIpc) is 3.54. The molecule has 2 atom stereocenters. The van der Waals surface area contributed by atoms with Crippen molar-refractivity contribution in [2.75, 3.05) is 39.4 Å². The van der Waals surface area contributed by atoms with Crippen LogP contribution in [-0.4, -0.2) is 70.3 Å². The maximum atomic E-state index is 13.1. The summed E-state index contributed by atoms with van der Waals surface area (Å²) in [6.45, 7) is 3.70. The second kappa shape index (κ2) is 8.10. The molecule has 0 radical (unpaired) electrons. The van der Waals surface area contributed by atoms with Crippen molar-refractivity contribution in [2.24, 2.45) is 0 Å². The monoisotopic (exact) mass is 397 g/mol. The van der Waals surface area contributed by atoms with Gasteiger partial charge in [-0.05, 0) is 24.5 Å². The second-order valence-corrected chi connectivity index (χ2v) is 8.26. The first-order valence-electron chi connectivity index (χ1n) is 10.6. The number of amides is 2. The number of carbonyl (C=O) groups excluding carboxylic acids is 1. The number of urea groups is 1. The number of ether oxygens (including phenoxy) is 1. The third-order valence-corrected chi connectivity index (χ3v) is 6.48. The Morgan fingerprint density at radius 3 is 2.62 bits per heavy atom. The van der Waals surface area contributed by atoms with Crippen LogP contribution >= 0.6 is 0 Å². The van der Waals surface area contributed by atoms with Gasteiger partial charge in [0.2, 0.25) is 5.89 Å². The van der Waals surface area contributed by atoms with Crippen molar-refractivity contribution in [1.82, 2.24) is 24.9 Å². The van der Waals surface area contributed by atoms with Gasteiger partial charge in [-0.15, -0.1) is 0 Å². The molecule has 2 saturated heterocycles. The van der Waals surface area contributed by atoms with Crippen LogP contribution in [0.25, 0.3) is 0 Å². The highest BCUT2D eigenvalue weighted by atomic mass is 16.5. The molecule has 3 aliphatic rings. The number of hydrogen-bond donors (Lipinski definition) is 0. The van der Waals surface area contributed by atoms with Crippen LogP contribution in [0.1, 0.15) is 60.7 Å². The molecular formula is C21H27N5O3. The van der Waals surface area contributed by atoms with E-state index in [1.165, 1.54) is 12.8 Å². The maximum Gasteiger partial charge on any atom is 0.320 e. The molecule has 1 saturated carbocycles. The molecule has 0 bridgehead atoms. The normalized spacial score (nSPS) is 25.7. The zero-order valence-electron chi connectivity index (χ0n) is 16.6. The summed E-state index contributed by atoms with van der Waals surface area (Å²) in [5, 5.41) is 4.30. The SMILES string of the molecule is O=C(N1CCOCC1)N1C[C@@H](c2cccnc2)[C@H](c2nc(C3CCCC3)no2)C1. The predicted molar refractivity (Wildman–Crippen MR) is 105 cm³/mol. The minimum atomic E-state index is -0.00755. The quantitative estimate of drug-likeness (QED) is 0.792. The molecule has 0 aromatic carbocycles. The summed E-state index contributed by atoms with van der Waals surface area (Å²) in [5.74, 6) is 1.99. The molecule has 0 N–H and O–H groups in total. The van der Waals surface area contributed by atoms with E-state index < -0.39 is 0 Å². The summed E-state index contributed by atoms with van der Waals surface area (Å²) in [6, 6.07) is 4.08. The summed E-state index contributed by atoms with van der Waals surface area (Å²) < 4.78 is 11.1. The van der Waals surface area contributed by atoms with Gasteiger partial charge in [0.25, 0.3) is 0 Å². The highest BCUT2D eigenvalue weighted by Crippen LogP contribution is 2.40. The first-order chi connectivity index (χ1) is 14.3. The molecule has 2 aromatic heterocycles. The lowest BCUT2D eigenvalue weighted by Gasteiger charge is -2.31. The number of morpholine rings is 1. The van der Waals surface area contributed by atoms with E-state index in [9.17, 15) is 4.79 Å². The summed E-state index contributed by atoms with van der Waals surface area (Å²) >= 11 is 0. The van der Waals surface area contributed by atoms with Gasteiger partial charge in [-0.1, -0.05) is 24.1 Å². The first-order valence-corrected chi connectivity index (χ1v) is 10.6. The van der Waals surface area contributed by atoms with E-state index in [2.05, 4.69) is 16.2 Å². The Kier molecular flexibility index (Phi) is 5.18. The topological polar surface area (TPSA) is 84.6 Å². The van der Waals surface area contributed by atoms with E-state index in [0.717, 1.165) is 24.2 Å². The fourth-order valence-electron chi connectivity index (χ4n) is 4.85. The molecule has 5 rings (SSSR count). The Morgan fingerprint density at radius 1 is 1.07 bits per heavy atom. The van der Waals surface area contributed by atoms with E-state index in [0.29, 0.717) is 51.2 Å². The van der Waals surface area contributed by atoms with Gasteiger partial charge in [-0.3, -0.25) is 4.98 Å². The van der Waals surface area contributed by atoms with Gasteiger partial charge in [0.15, 0.2) is 5.82 Å². The lowest BCUT2D eigenvalue weighted by Crippen LogP contribution is -2.47. The predicted octanol–water partition coefficient (Wildman–Crippen LogP) is 2.76. The number of carbonyl (C=O) groups is 1. The summed E-state index contributed by atoms with van der Waals surface area (Å²) in [5.41, 5.74) is 1.11. The Hall–Kier alpha value is -2.48. The van der Waals surface area contributed by atoms with Crippen molar-refractivity contribution in [2.45, 2.75) is 43.4 Å². The molecule has 154 valence electrons. The molecule has 2 aliphatic heterocycles. The van der Waals surface area contributed by atoms with Crippen LogP contribution < -0.4 is 0 Å². The molecule has 1 aliphatic carbocycles. The third kappa shape index (κ3) is 3.73. The number of likely N-dealkylation sites (tertiary alicyclic amines) is 1. The molecule has 2 aromatic rings. The molecule has 3 fully saturated rings. The van der Waals surface area contributed by atoms with Crippen molar-refractivity contribution in [3.63, 3.8) is 0 Å². The van der Waals surface area contributed by atoms with Crippen LogP contribution in [0.2, 0.25) is 0 Å². The highest BCUT2D eigenvalue weighted by Gasteiger charge is 2.42. The molecule has 8 heteroatoms. The standard InChI is InChI=1S/C21H27N5O3/c27-21(25-8-10-28-11-9-25)26-13-17(16-6-3-7-22-12-16)18(14-26)20-23-19(24-29-20)15-4-1-2-5-15/h3,6-7,12,15,17-18H,1-2,4-5,8-11,13-14H2/t17-,18+/m0/s1. The van der Waals surface area contributed by atoms with E-state index in [-0.39, 0.29) is 17.9 Å². The second-order valence-electron chi connectivity index (χ2n) is 8.26. The van der Waals surface area contributed by atoms with E-state index in [1.54, 1.807) is 6.20 Å². The van der Waals surface area contributed by atoms with Crippen LogP contribution in [0.15, 0.2) is 29.0 Å². The minimum absolute atomic E-state index is 0.00755. The molecule has 2 amide bonds. The minimum Gasteiger partial charge on any atom is -0.378 e. The van der Waals surface area contributed by atoms with Crippen LogP contribution in [0.5, 0.6) is 0 Å². The van der Waals surface area contributed by atoms with Crippen molar-refractivity contribution >= 4 is 6.03 Å². The van der Waals surface area contributed by atoms with Gasteiger partial charge in [0, 0.05) is 50.4 Å². The van der Waals surface area contributed by atoms with Crippen LogP contribution in [0.4, 0.5) is 4.79 Å². The van der Waals surface area contributed by atoms with Gasteiger partial charge in [-0.2, -0.15) is 4.98 Å². The third-order valence-electron chi connectivity index (χ3n) is 6.48. The van der Waals surface area contributed by atoms with Gasteiger partial charge >= 0.3 is 6.03 Å².